The van der Waals surface area contributed by atoms with Gasteiger partial charge in [-0.25, -0.2) is 0 Å². The van der Waals surface area contributed by atoms with Gasteiger partial charge in [0.15, 0.2) is 0 Å². The molecular formula is C50H33N2OP. The van der Waals surface area contributed by atoms with Gasteiger partial charge in [-0.1, -0.05) is 133 Å². The summed E-state index contributed by atoms with van der Waals surface area (Å²) < 4.78 is 18.0. The SMILES string of the molecule is C[P@]1(=O)c2ccccc2-c2ccc3c(c21)-c1cc(N(c2ccccc2)c2ccccc2)ccc1C31c2ccccc2-n2c3ccccc3c3cccc1c32. The molecule has 1 aromatic heterocycles. The van der Waals surface area contributed by atoms with Crippen molar-refractivity contribution in [1.82, 2.24) is 4.57 Å². The first-order valence-corrected chi connectivity index (χ1v) is 20.8. The molecule has 2 aliphatic heterocycles. The van der Waals surface area contributed by atoms with Crippen LogP contribution >= 0.6 is 7.14 Å². The summed E-state index contributed by atoms with van der Waals surface area (Å²) in [6.07, 6.45) is 0. The number of aromatic nitrogens is 1. The standard InChI is InChI=1S/C50H33N2OP/c1-54(53)46-26-13-9-20-36(46)38-28-30-42-47(49(38)54)39-31-34(51(32-15-4-2-5-16-32)33-17-6-3-7-18-33)27-29-40(39)50(42)41-22-10-12-25-45(41)52-44-24-11-8-19-35(44)37-21-14-23-43(50)48(37)52/h2-31H,1H3/t50?,54-/m0/s1. The van der Waals surface area contributed by atoms with E-state index in [1.165, 1.54) is 49.7 Å². The molecule has 1 aliphatic carbocycles. The second-order valence-corrected chi connectivity index (χ2v) is 17.7. The Hall–Kier alpha value is -6.41. The van der Waals surface area contributed by atoms with Gasteiger partial charge in [0.1, 0.15) is 7.14 Å². The maximum Gasteiger partial charge on any atom is 0.142 e. The summed E-state index contributed by atoms with van der Waals surface area (Å²) in [4.78, 5) is 2.34. The minimum atomic E-state index is -2.99. The highest BCUT2D eigenvalue weighted by atomic mass is 31.2. The number of benzene rings is 8. The second kappa shape index (κ2) is 10.6. The number of para-hydroxylation sites is 5. The Morgan fingerprint density at radius 3 is 1.96 bits per heavy atom. The van der Waals surface area contributed by atoms with E-state index in [9.17, 15) is 0 Å². The van der Waals surface area contributed by atoms with Crippen molar-refractivity contribution >= 4 is 56.6 Å². The molecule has 0 N–H and O–H groups in total. The summed E-state index contributed by atoms with van der Waals surface area (Å²) in [5.41, 5.74) is 15.6. The fraction of sp³-hybridized carbons (Fsp3) is 0.0400. The predicted octanol–water partition coefficient (Wildman–Crippen LogP) is 11.9. The van der Waals surface area contributed by atoms with Crippen LogP contribution in [0.3, 0.4) is 0 Å². The summed E-state index contributed by atoms with van der Waals surface area (Å²) >= 11 is 0. The lowest BCUT2D eigenvalue weighted by atomic mass is 9.65. The maximum atomic E-state index is 15.5. The maximum absolute atomic E-state index is 15.5. The van der Waals surface area contributed by atoms with E-state index in [0.29, 0.717) is 0 Å². The molecule has 2 atom stereocenters. The van der Waals surface area contributed by atoms with Crippen LogP contribution in [0.15, 0.2) is 182 Å². The first kappa shape index (κ1) is 30.1. The van der Waals surface area contributed by atoms with Crippen LogP contribution in [0.5, 0.6) is 0 Å². The van der Waals surface area contributed by atoms with E-state index in [0.717, 1.165) is 49.9 Å². The quantitative estimate of drug-likeness (QED) is 0.171. The van der Waals surface area contributed by atoms with Gasteiger partial charge in [0.2, 0.25) is 0 Å². The highest BCUT2D eigenvalue weighted by Crippen LogP contribution is 2.64. The molecule has 254 valence electrons. The molecule has 12 rings (SSSR count). The van der Waals surface area contributed by atoms with Gasteiger partial charge in [-0.15, -0.1) is 0 Å². The van der Waals surface area contributed by atoms with Gasteiger partial charge >= 0.3 is 0 Å². The first-order chi connectivity index (χ1) is 26.6. The Morgan fingerprint density at radius 1 is 0.500 bits per heavy atom. The van der Waals surface area contributed by atoms with Crippen molar-refractivity contribution in [2.24, 2.45) is 0 Å². The van der Waals surface area contributed by atoms with Gasteiger partial charge in [-0.2, -0.15) is 0 Å². The van der Waals surface area contributed by atoms with Crippen LogP contribution in [-0.2, 0) is 9.98 Å². The molecule has 1 unspecified atom stereocenters. The molecule has 9 aromatic rings. The van der Waals surface area contributed by atoms with Crippen molar-refractivity contribution in [3.8, 4) is 27.9 Å². The molecule has 8 aromatic carbocycles. The van der Waals surface area contributed by atoms with Crippen LogP contribution in [-0.4, -0.2) is 11.2 Å². The lowest BCUT2D eigenvalue weighted by Gasteiger charge is -2.39. The van der Waals surface area contributed by atoms with Crippen molar-refractivity contribution in [2.45, 2.75) is 5.41 Å². The third-order valence-corrected chi connectivity index (χ3v) is 14.9. The molecule has 0 saturated heterocycles. The van der Waals surface area contributed by atoms with Gasteiger partial charge < -0.3 is 14.0 Å². The van der Waals surface area contributed by atoms with E-state index in [-0.39, 0.29) is 0 Å². The smallest absolute Gasteiger partial charge is 0.142 e. The van der Waals surface area contributed by atoms with Crippen LogP contribution in [0.1, 0.15) is 22.3 Å². The van der Waals surface area contributed by atoms with Crippen molar-refractivity contribution in [3.05, 3.63) is 204 Å². The van der Waals surface area contributed by atoms with Crippen molar-refractivity contribution in [2.75, 3.05) is 11.6 Å². The second-order valence-electron chi connectivity index (χ2n) is 14.9. The van der Waals surface area contributed by atoms with Gasteiger partial charge in [0, 0.05) is 38.4 Å². The number of fused-ring (bicyclic) bond motifs is 16. The van der Waals surface area contributed by atoms with Gasteiger partial charge in [-0.05, 0) is 99.7 Å². The largest absolute Gasteiger partial charge is 0.314 e. The molecule has 3 aliphatic rings. The number of rotatable bonds is 3. The minimum absolute atomic E-state index is 0.641. The Balaban J connectivity index is 1.25. The molecular weight excluding hydrogens is 676 g/mol. The minimum Gasteiger partial charge on any atom is -0.314 e. The molecule has 3 heterocycles. The zero-order valence-electron chi connectivity index (χ0n) is 29.6. The Bertz CT molecular complexity index is 3070. The van der Waals surface area contributed by atoms with Crippen molar-refractivity contribution in [1.29, 1.82) is 0 Å². The lowest BCUT2D eigenvalue weighted by Crippen LogP contribution is -2.33. The Labute approximate surface area is 313 Å². The summed E-state index contributed by atoms with van der Waals surface area (Å²) in [6, 6.07) is 65.8. The van der Waals surface area contributed by atoms with E-state index < -0.39 is 12.6 Å². The van der Waals surface area contributed by atoms with Crippen LogP contribution in [0.2, 0.25) is 0 Å². The highest BCUT2D eigenvalue weighted by molar-refractivity contribution is 7.79. The molecule has 0 amide bonds. The topological polar surface area (TPSA) is 25.2 Å². The summed E-state index contributed by atoms with van der Waals surface area (Å²) in [5, 5.41) is 4.43. The Morgan fingerprint density at radius 2 is 1.15 bits per heavy atom. The number of hydrogen-bond acceptors (Lipinski definition) is 2. The van der Waals surface area contributed by atoms with Gasteiger partial charge in [0.05, 0.1) is 22.1 Å². The fourth-order valence-corrected chi connectivity index (χ4v) is 12.9. The van der Waals surface area contributed by atoms with Crippen LogP contribution in [0, 0.1) is 0 Å². The van der Waals surface area contributed by atoms with Gasteiger partial charge in [-0.3, -0.25) is 0 Å². The number of nitrogens with zero attached hydrogens (tertiary/aromatic N) is 2. The van der Waals surface area contributed by atoms with Crippen LogP contribution < -0.4 is 15.5 Å². The summed E-state index contributed by atoms with van der Waals surface area (Å²) in [5.74, 6) is 0. The molecule has 4 heteroatoms. The molecule has 3 nitrogen and oxygen atoms in total. The average Bonchev–Trinajstić information content (AvgIpc) is 3.80. The third-order valence-electron chi connectivity index (χ3n) is 12.3. The van der Waals surface area contributed by atoms with E-state index in [4.69, 9.17) is 0 Å². The zero-order chi connectivity index (χ0) is 35.8. The molecule has 1 spiro atoms. The Kier molecular flexibility index (Phi) is 5.91. The van der Waals surface area contributed by atoms with E-state index in [2.05, 4.69) is 185 Å². The molecule has 0 saturated carbocycles. The monoisotopic (exact) mass is 708 g/mol. The van der Waals surface area contributed by atoms with E-state index in [1.807, 2.05) is 12.7 Å². The third kappa shape index (κ3) is 3.60. The van der Waals surface area contributed by atoms with Crippen LogP contribution in [0.4, 0.5) is 17.1 Å². The first-order valence-electron chi connectivity index (χ1n) is 18.6. The van der Waals surface area contributed by atoms with Gasteiger partial charge in [0.25, 0.3) is 0 Å². The van der Waals surface area contributed by atoms with Crippen LogP contribution in [0.25, 0.3) is 49.7 Å². The van der Waals surface area contributed by atoms with Crippen molar-refractivity contribution in [3.63, 3.8) is 0 Å². The normalized spacial score (nSPS) is 18.3. The highest BCUT2D eigenvalue weighted by Gasteiger charge is 2.53. The lowest BCUT2D eigenvalue weighted by molar-refractivity contribution is 0.591. The number of hydrogen-bond donors (Lipinski definition) is 0. The summed E-state index contributed by atoms with van der Waals surface area (Å²) in [7, 11) is -2.99. The summed E-state index contributed by atoms with van der Waals surface area (Å²) in [6.45, 7) is 1.99. The van der Waals surface area contributed by atoms with E-state index >= 15 is 4.57 Å². The van der Waals surface area contributed by atoms with Crippen molar-refractivity contribution < 1.29 is 4.57 Å². The zero-order valence-corrected chi connectivity index (χ0v) is 30.5. The average molecular weight is 709 g/mol. The molecule has 54 heavy (non-hydrogen) atoms. The fourth-order valence-electron chi connectivity index (χ4n) is 10.3. The molecule has 0 radical (unpaired) electrons. The molecule has 0 fully saturated rings. The predicted molar refractivity (Wildman–Crippen MR) is 225 cm³/mol. The number of anilines is 3. The molecule has 0 bridgehead atoms. The van der Waals surface area contributed by atoms with E-state index in [1.54, 1.807) is 0 Å².